The lowest BCUT2D eigenvalue weighted by molar-refractivity contribution is 0.504. The number of anilines is 2. The maximum absolute atomic E-state index is 6.02. The molecule has 90 valence electrons. The van der Waals surface area contributed by atoms with E-state index in [4.69, 9.17) is 21.8 Å². The Morgan fingerprint density at radius 2 is 2.12 bits per heavy atom. The highest BCUT2D eigenvalue weighted by atomic mass is 35.5. The van der Waals surface area contributed by atoms with Crippen LogP contribution < -0.4 is 10.6 Å². The number of nitrogens with zero attached hydrogens (tertiary/aromatic N) is 1. The van der Waals surface area contributed by atoms with Crippen LogP contribution in [0.3, 0.4) is 0 Å². The van der Waals surface area contributed by atoms with Crippen molar-refractivity contribution in [3.05, 3.63) is 47.4 Å². The summed E-state index contributed by atoms with van der Waals surface area (Å²) in [4.78, 5) is 2.13. The molecule has 17 heavy (non-hydrogen) atoms. The van der Waals surface area contributed by atoms with Gasteiger partial charge in [0.2, 0.25) is 0 Å². The first-order valence-electron chi connectivity index (χ1n) is 5.53. The summed E-state index contributed by atoms with van der Waals surface area (Å²) in [7, 11) is 0. The second kappa shape index (κ2) is 5.15. The fraction of sp³-hybridized carbons (Fsp3) is 0.231. The van der Waals surface area contributed by atoms with Crippen molar-refractivity contribution in [2.45, 2.75) is 13.5 Å². The molecule has 0 spiro atoms. The van der Waals surface area contributed by atoms with Crippen LogP contribution in [0.15, 0.2) is 41.0 Å². The summed E-state index contributed by atoms with van der Waals surface area (Å²) < 4.78 is 5.34. The minimum absolute atomic E-state index is 0.584. The van der Waals surface area contributed by atoms with Crippen LogP contribution in [-0.4, -0.2) is 6.54 Å². The highest BCUT2D eigenvalue weighted by Crippen LogP contribution is 2.30. The molecule has 1 aromatic carbocycles. The van der Waals surface area contributed by atoms with Gasteiger partial charge in [0, 0.05) is 6.54 Å². The SMILES string of the molecule is CCN(Cc1ccco1)c1cccc(Cl)c1N. The van der Waals surface area contributed by atoms with Gasteiger partial charge in [-0.2, -0.15) is 0 Å². The van der Waals surface area contributed by atoms with Gasteiger partial charge in [0.1, 0.15) is 5.76 Å². The van der Waals surface area contributed by atoms with E-state index in [0.29, 0.717) is 17.3 Å². The Morgan fingerprint density at radius 3 is 2.76 bits per heavy atom. The molecule has 0 fully saturated rings. The molecular weight excluding hydrogens is 236 g/mol. The van der Waals surface area contributed by atoms with Gasteiger partial charge in [-0.05, 0) is 31.2 Å². The van der Waals surface area contributed by atoms with Gasteiger partial charge in [-0.25, -0.2) is 0 Å². The first-order chi connectivity index (χ1) is 8.22. The van der Waals surface area contributed by atoms with Crippen LogP contribution in [0.2, 0.25) is 5.02 Å². The van der Waals surface area contributed by atoms with Crippen molar-refractivity contribution in [2.24, 2.45) is 0 Å². The van der Waals surface area contributed by atoms with Gasteiger partial charge in [-0.3, -0.25) is 0 Å². The smallest absolute Gasteiger partial charge is 0.123 e. The summed E-state index contributed by atoms with van der Waals surface area (Å²) in [6.07, 6.45) is 1.67. The molecule has 2 N–H and O–H groups in total. The molecule has 0 saturated carbocycles. The average molecular weight is 251 g/mol. The highest BCUT2D eigenvalue weighted by molar-refractivity contribution is 6.33. The van der Waals surface area contributed by atoms with Crippen molar-refractivity contribution in [2.75, 3.05) is 17.2 Å². The zero-order valence-electron chi connectivity index (χ0n) is 9.69. The van der Waals surface area contributed by atoms with E-state index in [2.05, 4.69) is 11.8 Å². The Hall–Kier alpha value is -1.61. The van der Waals surface area contributed by atoms with Crippen LogP contribution in [0.25, 0.3) is 0 Å². The lowest BCUT2D eigenvalue weighted by Crippen LogP contribution is -2.22. The standard InChI is InChI=1S/C13H15ClN2O/c1-2-16(9-10-5-4-8-17-10)12-7-3-6-11(14)13(12)15/h3-8H,2,9,15H2,1H3. The molecule has 0 atom stereocenters. The van der Waals surface area contributed by atoms with Gasteiger partial charge in [0.05, 0.1) is 29.2 Å². The van der Waals surface area contributed by atoms with E-state index in [9.17, 15) is 0 Å². The number of halogens is 1. The molecule has 4 heteroatoms. The number of nitrogens with two attached hydrogens (primary N) is 1. The Morgan fingerprint density at radius 1 is 1.29 bits per heavy atom. The van der Waals surface area contributed by atoms with Crippen molar-refractivity contribution in [1.29, 1.82) is 0 Å². The normalized spacial score (nSPS) is 10.5. The molecule has 1 heterocycles. The fourth-order valence-electron chi connectivity index (χ4n) is 1.76. The molecule has 0 radical (unpaired) electrons. The van der Waals surface area contributed by atoms with Gasteiger partial charge >= 0.3 is 0 Å². The number of hydrogen-bond acceptors (Lipinski definition) is 3. The van der Waals surface area contributed by atoms with Gasteiger partial charge in [0.15, 0.2) is 0 Å². The second-order valence-electron chi connectivity index (χ2n) is 3.77. The van der Waals surface area contributed by atoms with E-state index in [1.54, 1.807) is 12.3 Å². The van der Waals surface area contributed by atoms with E-state index in [1.165, 1.54) is 0 Å². The first-order valence-corrected chi connectivity index (χ1v) is 5.91. The molecule has 0 unspecified atom stereocenters. The zero-order chi connectivity index (χ0) is 12.3. The number of benzene rings is 1. The largest absolute Gasteiger partial charge is 0.467 e. The summed E-state index contributed by atoms with van der Waals surface area (Å²) in [5, 5.41) is 0.584. The predicted molar refractivity (Wildman–Crippen MR) is 71.3 cm³/mol. The molecule has 0 saturated heterocycles. The summed E-state index contributed by atoms with van der Waals surface area (Å²) >= 11 is 6.02. The number of rotatable bonds is 4. The van der Waals surface area contributed by atoms with Crippen molar-refractivity contribution in [3.63, 3.8) is 0 Å². The van der Waals surface area contributed by atoms with E-state index >= 15 is 0 Å². The fourth-order valence-corrected chi connectivity index (χ4v) is 1.93. The molecule has 0 aliphatic heterocycles. The summed E-state index contributed by atoms with van der Waals surface area (Å²) in [5.41, 5.74) is 7.54. The third-order valence-corrected chi connectivity index (χ3v) is 3.01. The molecule has 3 nitrogen and oxygen atoms in total. The van der Waals surface area contributed by atoms with Crippen molar-refractivity contribution in [1.82, 2.24) is 0 Å². The lowest BCUT2D eigenvalue weighted by atomic mass is 10.2. The monoisotopic (exact) mass is 250 g/mol. The predicted octanol–water partition coefficient (Wildman–Crippen LogP) is 3.54. The zero-order valence-corrected chi connectivity index (χ0v) is 10.4. The third-order valence-electron chi connectivity index (χ3n) is 2.68. The molecule has 2 rings (SSSR count). The van der Waals surface area contributed by atoms with Crippen molar-refractivity contribution in [3.8, 4) is 0 Å². The Bertz CT molecular complexity index is 482. The molecular formula is C13H15ClN2O. The third kappa shape index (κ3) is 2.56. The Labute approximate surface area is 106 Å². The number of nitrogen functional groups attached to an aromatic ring is 1. The Balaban J connectivity index is 2.26. The topological polar surface area (TPSA) is 42.4 Å². The van der Waals surface area contributed by atoms with E-state index in [-0.39, 0.29) is 0 Å². The van der Waals surface area contributed by atoms with Gasteiger partial charge in [0.25, 0.3) is 0 Å². The van der Waals surface area contributed by atoms with Gasteiger partial charge in [-0.1, -0.05) is 17.7 Å². The summed E-state index contributed by atoms with van der Waals surface area (Å²) in [6.45, 7) is 3.60. The van der Waals surface area contributed by atoms with Crippen LogP contribution >= 0.6 is 11.6 Å². The van der Waals surface area contributed by atoms with E-state index in [0.717, 1.165) is 18.0 Å². The maximum atomic E-state index is 6.02. The lowest BCUT2D eigenvalue weighted by Gasteiger charge is -2.23. The first kappa shape index (κ1) is 11.9. The van der Waals surface area contributed by atoms with E-state index < -0.39 is 0 Å². The van der Waals surface area contributed by atoms with Crippen LogP contribution in [0.5, 0.6) is 0 Å². The number of para-hydroxylation sites is 1. The average Bonchev–Trinajstić information content (AvgIpc) is 2.83. The van der Waals surface area contributed by atoms with Crippen LogP contribution in [0, 0.1) is 0 Å². The van der Waals surface area contributed by atoms with E-state index in [1.807, 2.05) is 24.3 Å². The highest BCUT2D eigenvalue weighted by Gasteiger charge is 2.11. The van der Waals surface area contributed by atoms with Crippen molar-refractivity contribution < 1.29 is 4.42 Å². The minimum Gasteiger partial charge on any atom is -0.467 e. The molecule has 0 amide bonds. The Kier molecular flexibility index (Phi) is 3.59. The minimum atomic E-state index is 0.584. The summed E-state index contributed by atoms with van der Waals surface area (Å²) in [6, 6.07) is 9.49. The van der Waals surface area contributed by atoms with Crippen LogP contribution in [-0.2, 0) is 6.54 Å². The van der Waals surface area contributed by atoms with Gasteiger partial charge in [-0.15, -0.1) is 0 Å². The molecule has 0 aliphatic carbocycles. The van der Waals surface area contributed by atoms with Crippen LogP contribution in [0.4, 0.5) is 11.4 Å². The number of furan rings is 1. The molecule has 0 bridgehead atoms. The van der Waals surface area contributed by atoms with Crippen LogP contribution in [0.1, 0.15) is 12.7 Å². The second-order valence-corrected chi connectivity index (χ2v) is 4.17. The maximum Gasteiger partial charge on any atom is 0.123 e. The quantitative estimate of drug-likeness (QED) is 0.844. The molecule has 1 aromatic heterocycles. The van der Waals surface area contributed by atoms with Gasteiger partial charge < -0.3 is 15.1 Å². The number of hydrogen-bond donors (Lipinski definition) is 1. The van der Waals surface area contributed by atoms with Crippen molar-refractivity contribution >= 4 is 23.0 Å². The molecule has 2 aromatic rings. The molecule has 0 aliphatic rings. The summed E-state index contributed by atoms with van der Waals surface area (Å²) in [5.74, 6) is 0.909.